The van der Waals surface area contributed by atoms with Gasteiger partial charge in [0.25, 0.3) is 0 Å². The molecule has 1 rings (SSSR count). The van der Waals surface area contributed by atoms with Crippen molar-refractivity contribution in [1.29, 1.82) is 0 Å². The average molecular weight is 198 g/mol. The molecule has 0 radical (unpaired) electrons. The first kappa shape index (κ1) is 11.5. The fraction of sp³-hybridized carbons (Fsp3) is 0.909. The predicted octanol–water partition coefficient (Wildman–Crippen LogP) is 1.29. The number of carbonyl (C=O) groups excluding carboxylic acids is 1. The van der Waals surface area contributed by atoms with Crippen LogP contribution < -0.4 is 10.6 Å². The molecule has 0 aromatic rings. The summed E-state index contributed by atoms with van der Waals surface area (Å²) in [5.74, 6) is 0.847. The molecule has 82 valence electrons. The van der Waals surface area contributed by atoms with Gasteiger partial charge in [-0.1, -0.05) is 20.3 Å². The van der Waals surface area contributed by atoms with E-state index in [4.69, 9.17) is 0 Å². The molecular weight excluding hydrogens is 176 g/mol. The Morgan fingerprint density at radius 2 is 2.29 bits per heavy atom. The Morgan fingerprint density at radius 1 is 1.50 bits per heavy atom. The normalized spacial score (nSPS) is 22.4. The molecule has 1 aliphatic heterocycles. The van der Waals surface area contributed by atoms with E-state index in [0.29, 0.717) is 5.92 Å². The SMILES string of the molecule is CC(C)CCNC(=O)[C@H]1CCCCN1. The molecule has 3 nitrogen and oxygen atoms in total. The Labute approximate surface area is 86.6 Å². The lowest BCUT2D eigenvalue weighted by Crippen LogP contribution is -2.46. The van der Waals surface area contributed by atoms with Crippen LogP contribution in [0.2, 0.25) is 0 Å². The molecule has 0 aromatic heterocycles. The summed E-state index contributed by atoms with van der Waals surface area (Å²) in [4.78, 5) is 11.6. The molecule has 3 heteroatoms. The van der Waals surface area contributed by atoms with Crippen molar-refractivity contribution in [3.63, 3.8) is 0 Å². The monoisotopic (exact) mass is 198 g/mol. The van der Waals surface area contributed by atoms with Gasteiger partial charge in [0, 0.05) is 6.54 Å². The number of nitrogens with one attached hydrogen (secondary N) is 2. The highest BCUT2D eigenvalue weighted by Gasteiger charge is 2.19. The Hall–Kier alpha value is -0.570. The Kier molecular flexibility index (Phi) is 4.94. The highest BCUT2D eigenvalue weighted by atomic mass is 16.2. The molecule has 0 aliphatic carbocycles. The van der Waals surface area contributed by atoms with Crippen LogP contribution in [0, 0.1) is 5.92 Å². The first-order valence-corrected chi connectivity index (χ1v) is 5.71. The lowest BCUT2D eigenvalue weighted by atomic mass is 10.0. The molecule has 1 atom stereocenters. The van der Waals surface area contributed by atoms with Gasteiger partial charge in [0.15, 0.2) is 0 Å². The maximum absolute atomic E-state index is 11.6. The third-order valence-electron chi connectivity index (χ3n) is 2.65. The number of rotatable bonds is 4. The summed E-state index contributed by atoms with van der Waals surface area (Å²) in [5, 5.41) is 6.23. The smallest absolute Gasteiger partial charge is 0.237 e. The minimum absolute atomic E-state index is 0.0657. The molecule has 1 heterocycles. The maximum Gasteiger partial charge on any atom is 0.237 e. The molecule has 1 aliphatic rings. The van der Waals surface area contributed by atoms with Crippen LogP contribution in [0.5, 0.6) is 0 Å². The fourth-order valence-electron chi connectivity index (χ4n) is 1.68. The second kappa shape index (κ2) is 6.02. The van der Waals surface area contributed by atoms with Crippen molar-refractivity contribution in [3.8, 4) is 0 Å². The molecule has 0 unspecified atom stereocenters. The standard InChI is InChI=1S/C11H22N2O/c1-9(2)6-8-13-11(14)10-5-3-4-7-12-10/h9-10,12H,3-8H2,1-2H3,(H,13,14)/t10-/m1/s1. The summed E-state index contributed by atoms with van der Waals surface area (Å²) < 4.78 is 0. The van der Waals surface area contributed by atoms with Crippen molar-refractivity contribution >= 4 is 5.91 Å². The van der Waals surface area contributed by atoms with Gasteiger partial charge in [-0.3, -0.25) is 4.79 Å². The van der Waals surface area contributed by atoms with Crippen molar-refractivity contribution in [2.24, 2.45) is 5.92 Å². The lowest BCUT2D eigenvalue weighted by molar-refractivity contribution is -0.123. The van der Waals surface area contributed by atoms with E-state index in [2.05, 4.69) is 24.5 Å². The van der Waals surface area contributed by atoms with Crippen LogP contribution in [0.15, 0.2) is 0 Å². The van der Waals surface area contributed by atoms with Crippen molar-refractivity contribution in [1.82, 2.24) is 10.6 Å². The van der Waals surface area contributed by atoms with Gasteiger partial charge < -0.3 is 10.6 Å². The zero-order chi connectivity index (χ0) is 10.4. The summed E-state index contributed by atoms with van der Waals surface area (Å²) in [5.41, 5.74) is 0. The fourth-order valence-corrected chi connectivity index (χ4v) is 1.68. The molecule has 14 heavy (non-hydrogen) atoms. The van der Waals surface area contributed by atoms with Crippen molar-refractivity contribution in [3.05, 3.63) is 0 Å². The quantitative estimate of drug-likeness (QED) is 0.714. The minimum atomic E-state index is 0.0657. The van der Waals surface area contributed by atoms with E-state index in [-0.39, 0.29) is 11.9 Å². The van der Waals surface area contributed by atoms with Gasteiger partial charge in [-0.05, 0) is 31.7 Å². The third kappa shape index (κ3) is 4.09. The van der Waals surface area contributed by atoms with Crippen LogP contribution in [-0.4, -0.2) is 25.0 Å². The number of amides is 1. The first-order valence-electron chi connectivity index (χ1n) is 5.71. The second-order valence-corrected chi connectivity index (χ2v) is 4.48. The van der Waals surface area contributed by atoms with Crippen molar-refractivity contribution in [2.75, 3.05) is 13.1 Å². The van der Waals surface area contributed by atoms with Crippen molar-refractivity contribution in [2.45, 2.75) is 45.6 Å². The van der Waals surface area contributed by atoms with Gasteiger partial charge in [0.1, 0.15) is 0 Å². The summed E-state index contributed by atoms with van der Waals surface area (Å²) >= 11 is 0. The topological polar surface area (TPSA) is 41.1 Å². The molecule has 0 spiro atoms. The van der Waals surface area contributed by atoms with E-state index >= 15 is 0 Å². The number of carbonyl (C=O) groups is 1. The predicted molar refractivity (Wildman–Crippen MR) is 58.1 cm³/mol. The summed E-state index contributed by atoms with van der Waals surface area (Å²) in [6.07, 6.45) is 4.44. The zero-order valence-corrected chi connectivity index (χ0v) is 9.31. The zero-order valence-electron chi connectivity index (χ0n) is 9.31. The minimum Gasteiger partial charge on any atom is -0.355 e. The second-order valence-electron chi connectivity index (χ2n) is 4.48. The average Bonchev–Trinajstić information content (AvgIpc) is 2.18. The molecule has 1 saturated heterocycles. The summed E-state index contributed by atoms with van der Waals surface area (Å²) in [7, 11) is 0. The van der Waals surface area contributed by atoms with Gasteiger partial charge in [0.05, 0.1) is 6.04 Å². The molecule has 0 aromatic carbocycles. The van der Waals surface area contributed by atoms with Gasteiger partial charge in [-0.25, -0.2) is 0 Å². The van der Waals surface area contributed by atoms with E-state index in [0.717, 1.165) is 25.9 Å². The van der Waals surface area contributed by atoms with Crippen molar-refractivity contribution < 1.29 is 4.79 Å². The number of hydrogen-bond acceptors (Lipinski definition) is 2. The largest absolute Gasteiger partial charge is 0.355 e. The van der Waals surface area contributed by atoms with E-state index in [1.165, 1.54) is 12.8 Å². The third-order valence-corrected chi connectivity index (χ3v) is 2.65. The van der Waals surface area contributed by atoms with Gasteiger partial charge in [0.2, 0.25) is 5.91 Å². The molecule has 2 N–H and O–H groups in total. The van der Waals surface area contributed by atoms with E-state index < -0.39 is 0 Å². The number of hydrogen-bond donors (Lipinski definition) is 2. The van der Waals surface area contributed by atoms with E-state index in [1.807, 2.05) is 0 Å². The molecule has 1 amide bonds. The van der Waals surface area contributed by atoms with Crippen LogP contribution in [-0.2, 0) is 4.79 Å². The van der Waals surface area contributed by atoms with Gasteiger partial charge in [-0.2, -0.15) is 0 Å². The van der Waals surface area contributed by atoms with Crippen LogP contribution in [0.4, 0.5) is 0 Å². The molecule has 0 bridgehead atoms. The van der Waals surface area contributed by atoms with Crippen LogP contribution >= 0.6 is 0 Å². The molecular formula is C11H22N2O. The summed E-state index contributed by atoms with van der Waals surface area (Å²) in [6, 6.07) is 0.0657. The van der Waals surface area contributed by atoms with E-state index in [1.54, 1.807) is 0 Å². The number of piperidine rings is 1. The Morgan fingerprint density at radius 3 is 2.86 bits per heavy atom. The summed E-state index contributed by atoms with van der Waals surface area (Å²) in [6.45, 7) is 6.15. The Bertz CT molecular complexity index is 174. The first-order chi connectivity index (χ1) is 6.70. The van der Waals surface area contributed by atoms with Crippen LogP contribution in [0.1, 0.15) is 39.5 Å². The van der Waals surface area contributed by atoms with Gasteiger partial charge >= 0.3 is 0 Å². The van der Waals surface area contributed by atoms with Crippen LogP contribution in [0.3, 0.4) is 0 Å². The van der Waals surface area contributed by atoms with E-state index in [9.17, 15) is 4.79 Å². The molecule has 0 saturated carbocycles. The lowest BCUT2D eigenvalue weighted by Gasteiger charge is -2.22. The Balaban J connectivity index is 2.13. The highest BCUT2D eigenvalue weighted by Crippen LogP contribution is 2.06. The maximum atomic E-state index is 11.6. The molecule has 1 fully saturated rings. The highest BCUT2D eigenvalue weighted by molar-refractivity contribution is 5.81. The van der Waals surface area contributed by atoms with Gasteiger partial charge in [-0.15, -0.1) is 0 Å². The van der Waals surface area contributed by atoms with Crippen LogP contribution in [0.25, 0.3) is 0 Å².